The Morgan fingerprint density at radius 2 is 1.96 bits per heavy atom. The number of aromatic nitrogens is 4. The van der Waals surface area contributed by atoms with Crippen molar-refractivity contribution in [3.8, 4) is 5.69 Å². The maximum atomic E-state index is 13.2. The predicted molar refractivity (Wildman–Crippen MR) is 101 cm³/mol. The summed E-state index contributed by atoms with van der Waals surface area (Å²) in [5, 5.41) is 0. The van der Waals surface area contributed by atoms with Gasteiger partial charge in [0.1, 0.15) is 17.0 Å². The zero-order valence-corrected chi connectivity index (χ0v) is 15.5. The summed E-state index contributed by atoms with van der Waals surface area (Å²) < 4.78 is 43.0. The molecule has 0 aliphatic heterocycles. The summed E-state index contributed by atoms with van der Waals surface area (Å²) in [6.45, 7) is 0. The molecule has 0 radical (unpaired) electrons. The zero-order valence-electron chi connectivity index (χ0n) is 13.9. The number of hydrogen-bond acceptors (Lipinski definition) is 4. The number of rotatable bonds is 2. The van der Waals surface area contributed by atoms with Crippen molar-refractivity contribution in [2.75, 3.05) is 0 Å². The summed E-state index contributed by atoms with van der Waals surface area (Å²) in [4.78, 5) is 11.6. The second kappa shape index (κ2) is 5.87. The highest BCUT2D eigenvalue weighted by Crippen LogP contribution is 2.39. The Kier molecular flexibility index (Phi) is 3.67. The molecule has 1 saturated carbocycles. The van der Waals surface area contributed by atoms with Gasteiger partial charge in [0, 0.05) is 5.92 Å². The van der Waals surface area contributed by atoms with E-state index < -0.39 is 11.9 Å². The summed E-state index contributed by atoms with van der Waals surface area (Å²) in [5.74, 6) is 1.02. The monoisotopic (exact) mass is 406 g/mol. The van der Waals surface area contributed by atoms with Gasteiger partial charge in [0.2, 0.25) is 0 Å². The first-order valence-electron chi connectivity index (χ1n) is 8.50. The first-order chi connectivity index (χ1) is 12.9. The third-order valence-electron chi connectivity index (χ3n) is 4.95. The molecule has 4 nitrogen and oxygen atoms in total. The fourth-order valence-corrected chi connectivity index (χ4v) is 4.55. The van der Waals surface area contributed by atoms with Crippen LogP contribution in [0, 0.1) is 3.95 Å². The molecular weight excluding hydrogens is 393 g/mol. The maximum absolute atomic E-state index is 13.2. The van der Waals surface area contributed by atoms with Gasteiger partial charge >= 0.3 is 6.18 Å². The molecule has 1 aromatic carbocycles. The van der Waals surface area contributed by atoms with Crippen molar-refractivity contribution in [3.05, 3.63) is 45.8 Å². The molecule has 0 saturated heterocycles. The minimum atomic E-state index is -4.50. The fourth-order valence-electron chi connectivity index (χ4n) is 3.40. The van der Waals surface area contributed by atoms with Gasteiger partial charge in [0.15, 0.2) is 9.60 Å². The van der Waals surface area contributed by atoms with Crippen molar-refractivity contribution in [1.29, 1.82) is 0 Å². The summed E-state index contributed by atoms with van der Waals surface area (Å²) in [6, 6.07) is 8.08. The molecule has 3 aromatic heterocycles. The number of aromatic amines is 1. The minimum Gasteiger partial charge on any atom is -0.337 e. The molecular formula is C18H13F3N4S2. The van der Waals surface area contributed by atoms with Crippen LogP contribution in [-0.4, -0.2) is 19.5 Å². The van der Waals surface area contributed by atoms with Gasteiger partial charge in [0.25, 0.3) is 0 Å². The number of benzene rings is 1. The van der Waals surface area contributed by atoms with Crippen LogP contribution in [0.4, 0.5) is 13.2 Å². The Hall–Kier alpha value is -2.26. The summed E-state index contributed by atoms with van der Waals surface area (Å²) in [7, 11) is 0. The number of pyridine rings is 1. The van der Waals surface area contributed by atoms with E-state index in [1.54, 1.807) is 4.57 Å². The van der Waals surface area contributed by atoms with Gasteiger partial charge in [-0.15, -0.1) is 11.3 Å². The smallest absolute Gasteiger partial charge is 0.337 e. The third kappa shape index (κ3) is 2.76. The van der Waals surface area contributed by atoms with E-state index in [0.717, 1.165) is 47.1 Å². The van der Waals surface area contributed by atoms with Gasteiger partial charge in [-0.05, 0) is 55.4 Å². The van der Waals surface area contributed by atoms with Crippen LogP contribution >= 0.6 is 23.6 Å². The zero-order chi connectivity index (χ0) is 18.8. The number of imidazole rings is 1. The molecule has 0 spiro atoms. The standard InChI is InChI=1S/C18H13F3N4S2/c19-18(20,21)14-7-6-12-16(24-14)25(15(22-12)9-2-1-3-9)10-4-5-11-13(8-10)27-17(26)23-11/h4-9H,1-3H2,(H,23,26). The molecule has 1 N–H and O–H groups in total. The molecule has 5 rings (SSSR count). The molecule has 3 heterocycles. The number of thiazole rings is 1. The van der Waals surface area contributed by atoms with Crippen LogP contribution in [0.25, 0.3) is 27.1 Å². The van der Waals surface area contributed by atoms with Gasteiger partial charge in [-0.25, -0.2) is 9.97 Å². The van der Waals surface area contributed by atoms with Crippen LogP contribution in [0.3, 0.4) is 0 Å². The Bertz CT molecular complexity index is 1230. The first-order valence-corrected chi connectivity index (χ1v) is 9.72. The number of fused-ring (bicyclic) bond motifs is 2. The van der Waals surface area contributed by atoms with Gasteiger partial charge in [-0.3, -0.25) is 4.57 Å². The van der Waals surface area contributed by atoms with Crippen LogP contribution in [0.2, 0.25) is 0 Å². The number of halogens is 3. The van der Waals surface area contributed by atoms with Crippen molar-refractivity contribution < 1.29 is 13.2 Å². The predicted octanol–water partition coefficient (Wildman–Crippen LogP) is 5.98. The van der Waals surface area contributed by atoms with Crippen molar-refractivity contribution in [2.24, 2.45) is 0 Å². The maximum Gasteiger partial charge on any atom is 0.433 e. The van der Waals surface area contributed by atoms with Gasteiger partial charge < -0.3 is 4.98 Å². The van der Waals surface area contributed by atoms with Crippen molar-refractivity contribution >= 4 is 44.9 Å². The Labute approximate surface area is 160 Å². The van der Waals surface area contributed by atoms with E-state index in [-0.39, 0.29) is 11.6 Å². The normalized spacial score (nSPS) is 15.5. The topological polar surface area (TPSA) is 46.5 Å². The second-order valence-electron chi connectivity index (χ2n) is 6.67. The molecule has 138 valence electrons. The van der Waals surface area contributed by atoms with Crippen LogP contribution in [0.15, 0.2) is 30.3 Å². The highest BCUT2D eigenvalue weighted by molar-refractivity contribution is 7.73. The average Bonchev–Trinajstić information content (AvgIpc) is 3.10. The lowest BCUT2D eigenvalue weighted by molar-refractivity contribution is -0.141. The van der Waals surface area contributed by atoms with E-state index in [0.29, 0.717) is 9.47 Å². The molecule has 1 fully saturated rings. The summed E-state index contributed by atoms with van der Waals surface area (Å²) in [6.07, 6.45) is -1.42. The third-order valence-corrected chi connectivity index (χ3v) is 6.15. The highest BCUT2D eigenvalue weighted by Gasteiger charge is 2.34. The number of nitrogens with zero attached hydrogens (tertiary/aromatic N) is 3. The second-order valence-corrected chi connectivity index (χ2v) is 8.38. The lowest BCUT2D eigenvalue weighted by Gasteiger charge is -2.25. The van der Waals surface area contributed by atoms with Crippen molar-refractivity contribution in [3.63, 3.8) is 0 Å². The molecule has 0 bridgehead atoms. The fraction of sp³-hybridized carbons (Fsp3) is 0.278. The molecule has 1 aliphatic carbocycles. The Morgan fingerprint density at radius 1 is 1.15 bits per heavy atom. The molecule has 9 heteroatoms. The molecule has 0 amide bonds. The van der Waals surface area contributed by atoms with E-state index >= 15 is 0 Å². The van der Waals surface area contributed by atoms with Gasteiger partial charge in [0.05, 0.1) is 15.9 Å². The molecule has 4 aromatic rings. The lowest BCUT2D eigenvalue weighted by atomic mass is 9.85. The number of nitrogens with one attached hydrogen (secondary N) is 1. The quantitative estimate of drug-likeness (QED) is 0.417. The highest BCUT2D eigenvalue weighted by atomic mass is 32.1. The first kappa shape index (κ1) is 16.9. The molecule has 1 aliphatic rings. The number of alkyl halides is 3. The average molecular weight is 406 g/mol. The minimum absolute atomic E-state index is 0.241. The van der Waals surface area contributed by atoms with Crippen LogP contribution in [-0.2, 0) is 6.18 Å². The van der Waals surface area contributed by atoms with Crippen molar-refractivity contribution in [1.82, 2.24) is 19.5 Å². The molecule has 27 heavy (non-hydrogen) atoms. The Morgan fingerprint density at radius 3 is 2.67 bits per heavy atom. The van der Waals surface area contributed by atoms with Crippen LogP contribution in [0.1, 0.15) is 36.7 Å². The van der Waals surface area contributed by atoms with Gasteiger partial charge in [-0.2, -0.15) is 13.2 Å². The van der Waals surface area contributed by atoms with E-state index in [9.17, 15) is 13.2 Å². The number of H-pyrrole nitrogens is 1. The van der Waals surface area contributed by atoms with E-state index in [2.05, 4.69) is 15.0 Å². The van der Waals surface area contributed by atoms with Gasteiger partial charge in [-0.1, -0.05) is 6.42 Å². The lowest BCUT2D eigenvalue weighted by Crippen LogP contribution is -2.15. The molecule has 0 unspecified atom stereocenters. The van der Waals surface area contributed by atoms with E-state index in [4.69, 9.17) is 12.2 Å². The van der Waals surface area contributed by atoms with E-state index in [1.807, 2.05) is 18.2 Å². The Balaban J connectivity index is 1.79. The summed E-state index contributed by atoms with van der Waals surface area (Å²) >= 11 is 6.63. The van der Waals surface area contributed by atoms with E-state index in [1.165, 1.54) is 17.4 Å². The van der Waals surface area contributed by atoms with Crippen LogP contribution < -0.4 is 0 Å². The molecule has 0 atom stereocenters. The largest absolute Gasteiger partial charge is 0.433 e. The number of hydrogen-bond donors (Lipinski definition) is 1. The SMILES string of the molecule is FC(F)(F)c1ccc2nc(C3CCC3)n(-c3ccc4[nH]c(=S)sc4c3)c2n1. The summed E-state index contributed by atoms with van der Waals surface area (Å²) in [5.41, 5.74) is 1.47. The van der Waals surface area contributed by atoms with Crippen molar-refractivity contribution in [2.45, 2.75) is 31.4 Å². The van der Waals surface area contributed by atoms with Crippen LogP contribution in [0.5, 0.6) is 0 Å².